The van der Waals surface area contributed by atoms with Crippen molar-refractivity contribution in [3.05, 3.63) is 78.6 Å². The molecule has 0 saturated carbocycles. The highest BCUT2D eigenvalue weighted by Gasteiger charge is 2.16. The maximum absolute atomic E-state index is 12.3. The predicted molar refractivity (Wildman–Crippen MR) is 120 cm³/mol. The van der Waals surface area contributed by atoms with E-state index in [2.05, 4.69) is 55.4 Å². The van der Waals surface area contributed by atoms with Crippen LogP contribution in [0.25, 0.3) is 11.4 Å². The summed E-state index contributed by atoms with van der Waals surface area (Å²) >= 11 is 0. The van der Waals surface area contributed by atoms with E-state index >= 15 is 0 Å². The standard InChI is InChI=1S/C24H27N5O/c30-24(21-18-26-23(27-19-21)20-8-3-1-4-9-20)25-12-7-13-28-14-16-29(17-15-28)22-10-5-2-6-11-22/h1-6,8-11,18-19H,7,12-17H2,(H,25,30). The lowest BCUT2D eigenvalue weighted by atomic mass is 10.2. The third-order valence-electron chi connectivity index (χ3n) is 5.38. The number of hydrogen-bond acceptors (Lipinski definition) is 5. The first-order valence-electron chi connectivity index (χ1n) is 10.5. The fourth-order valence-electron chi connectivity index (χ4n) is 3.66. The lowest BCUT2D eigenvalue weighted by molar-refractivity contribution is 0.0950. The van der Waals surface area contributed by atoms with E-state index in [9.17, 15) is 4.79 Å². The summed E-state index contributed by atoms with van der Waals surface area (Å²) in [5.41, 5.74) is 2.73. The van der Waals surface area contributed by atoms with Crippen LogP contribution in [0.3, 0.4) is 0 Å². The number of piperazine rings is 1. The second-order valence-corrected chi connectivity index (χ2v) is 7.44. The van der Waals surface area contributed by atoms with E-state index in [1.165, 1.54) is 5.69 Å². The number of rotatable bonds is 7. The number of nitrogens with zero attached hydrogens (tertiary/aromatic N) is 4. The van der Waals surface area contributed by atoms with Crippen LogP contribution in [0, 0.1) is 0 Å². The van der Waals surface area contributed by atoms with Gasteiger partial charge in [-0.3, -0.25) is 9.69 Å². The number of anilines is 1. The van der Waals surface area contributed by atoms with Crippen LogP contribution in [-0.2, 0) is 0 Å². The number of carbonyl (C=O) groups is 1. The molecule has 0 bridgehead atoms. The van der Waals surface area contributed by atoms with Crippen LogP contribution in [0.15, 0.2) is 73.1 Å². The minimum Gasteiger partial charge on any atom is -0.369 e. The minimum absolute atomic E-state index is 0.122. The van der Waals surface area contributed by atoms with Crippen molar-refractivity contribution >= 4 is 11.6 Å². The summed E-state index contributed by atoms with van der Waals surface area (Å²) in [5, 5.41) is 2.98. The Morgan fingerprint density at radius 1 is 0.867 bits per heavy atom. The zero-order valence-corrected chi connectivity index (χ0v) is 17.1. The molecule has 1 aliphatic rings. The van der Waals surface area contributed by atoms with Gasteiger partial charge in [0, 0.05) is 56.4 Å². The third kappa shape index (κ3) is 5.21. The van der Waals surface area contributed by atoms with Crippen LogP contribution < -0.4 is 10.2 Å². The molecule has 2 heterocycles. The molecule has 1 N–H and O–H groups in total. The molecule has 0 spiro atoms. The largest absolute Gasteiger partial charge is 0.369 e. The van der Waals surface area contributed by atoms with Crippen LogP contribution in [0.5, 0.6) is 0 Å². The molecule has 1 saturated heterocycles. The van der Waals surface area contributed by atoms with Gasteiger partial charge >= 0.3 is 0 Å². The molecule has 154 valence electrons. The van der Waals surface area contributed by atoms with E-state index in [0.717, 1.165) is 44.7 Å². The second kappa shape index (κ2) is 9.98. The average Bonchev–Trinajstić information content (AvgIpc) is 2.83. The fourth-order valence-corrected chi connectivity index (χ4v) is 3.66. The normalized spacial score (nSPS) is 14.5. The van der Waals surface area contributed by atoms with Crippen molar-refractivity contribution < 1.29 is 4.79 Å². The first kappa shape index (κ1) is 20.0. The highest BCUT2D eigenvalue weighted by atomic mass is 16.1. The lowest BCUT2D eigenvalue weighted by Gasteiger charge is -2.36. The van der Waals surface area contributed by atoms with Gasteiger partial charge in [0.1, 0.15) is 0 Å². The van der Waals surface area contributed by atoms with Crippen LogP contribution >= 0.6 is 0 Å². The molecule has 3 aromatic rings. The van der Waals surface area contributed by atoms with Crippen LogP contribution in [0.4, 0.5) is 5.69 Å². The Hall–Kier alpha value is -3.25. The smallest absolute Gasteiger partial charge is 0.254 e. The predicted octanol–water partition coefficient (Wildman–Crippen LogP) is 3.09. The number of aromatic nitrogens is 2. The molecule has 6 heteroatoms. The van der Waals surface area contributed by atoms with Gasteiger partial charge in [0.2, 0.25) is 0 Å². The SMILES string of the molecule is O=C(NCCCN1CCN(c2ccccc2)CC1)c1cnc(-c2ccccc2)nc1. The topological polar surface area (TPSA) is 61.4 Å². The maximum atomic E-state index is 12.3. The van der Waals surface area contributed by atoms with E-state index in [4.69, 9.17) is 0 Å². The van der Waals surface area contributed by atoms with Crippen molar-refractivity contribution in [2.75, 3.05) is 44.2 Å². The molecule has 1 fully saturated rings. The van der Waals surface area contributed by atoms with Gasteiger partial charge in [0.05, 0.1) is 5.56 Å². The number of nitrogens with one attached hydrogen (secondary N) is 1. The quantitative estimate of drug-likeness (QED) is 0.617. The van der Waals surface area contributed by atoms with Gasteiger partial charge in [-0.2, -0.15) is 0 Å². The summed E-state index contributed by atoms with van der Waals surface area (Å²) in [5.74, 6) is 0.505. The van der Waals surface area contributed by atoms with Gasteiger partial charge < -0.3 is 10.2 Å². The van der Waals surface area contributed by atoms with E-state index in [0.29, 0.717) is 17.9 Å². The van der Waals surface area contributed by atoms with E-state index in [-0.39, 0.29) is 5.91 Å². The molecular formula is C24H27N5O. The Labute approximate surface area is 177 Å². The van der Waals surface area contributed by atoms with Crippen molar-refractivity contribution in [3.63, 3.8) is 0 Å². The zero-order valence-electron chi connectivity index (χ0n) is 17.1. The summed E-state index contributed by atoms with van der Waals surface area (Å²) in [7, 11) is 0. The van der Waals surface area contributed by atoms with E-state index in [1.807, 2.05) is 30.3 Å². The summed E-state index contributed by atoms with van der Waals surface area (Å²) in [6.07, 6.45) is 4.11. The fraction of sp³-hybridized carbons (Fsp3) is 0.292. The minimum atomic E-state index is -0.122. The van der Waals surface area contributed by atoms with Gasteiger partial charge in [0.25, 0.3) is 5.91 Å². The van der Waals surface area contributed by atoms with Gasteiger partial charge in [-0.1, -0.05) is 48.5 Å². The zero-order chi connectivity index (χ0) is 20.6. The molecule has 1 amide bonds. The third-order valence-corrected chi connectivity index (χ3v) is 5.38. The molecule has 6 nitrogen and oxygen atoms in total. The maximum Gasteiger partial charge on any atom is 0.254 e. The Bertz CT molecular complexity index is 923. The molecule has 1 aromatic heterocycles. The van der Waals surface area contributed by atoms with Crippen molar-refractivity contribution in [2.24, 2.45) is 0 Å². The molecule has 1 aliphatic heterocycles. The summed E-state index contributed by atoms with van der Waals surface area (Å²) in [4.78, 5) is 25.9. The van der Waals surface area contributed by atoms with E-state index < -0.39 is 0 Å². The summed E-state index contributed by atoms with van der Waals surface area (Å²) in [6.45, 7) is 5.84. The Balaban J connectivity index is 1.17. The van der Waals surface area contributed by atoms with Crippen molar-refractivity contribution in [1.29, 1.82) is 0 Å². The molecule has 0 unspecified atom stereocenters. The number of para-hydroxylation sites is 1. The number of carbonyl (C=O) groups excluding carboxylic acids is 1. The number of hydrogen-bond donors (Lipinski definition) is 1. The van der Waals surface area contributed by atoms with E-state index in [1.54, 1.807) is 12.4 Å². The van der Waals surface area contributed by atoms with Crippen molar-refractivity contribution in [3.8, 4) is 11.4 Å². The van der Waals surface area contributed by atoms with Crippen LogP contribution in [0.2, 0.25) is 0 Å². The van der Waals surface area contributed by atoms with Gasteiger partial charge in [0.15, 0.2) is 5.82 Å². The highest BCUT2D eigenvalue weighted by Crippen LogP contribution is 2.15. The second-order valence-electron chi connectivity index (χ2n) is 7.44. The van der Waals surface area contributed by atoms with Gasteiger partial charge in [-0.05, 0) is 25.1 Å². The summed E-state index contributed by atoms with van der Waals surface area (Å²) in [6, 6.07) is 20.3. The molecular weight excluding hydrogens is 374 g/mol. The Morgan fingerprint density at radius 2 is 1.50 bits per heavy atom. The van der Waals surface area contributed by atoms with Gasteiger partial charge in [-0.15, -0.1) is 0 Å². The first-order chi connectivity index (χ1) is 14.8. The molecule has 0 aliphatic carbocycles. The van der Waals surface area contributed by atoms with Crippen molar-refractivity contribution in [2.45, 2.75) is 6.42 Å². The van der Waals surface area contributed by atoms with Crippen molar-refractivity contribution in [1.82, 2.24) is 20.2 Å². The lowest BCUT2D eigenvalue weighted by Crippen LogP contribution is -2.47. The molecule has 2 aromatic carbocycles. The number of amides is 1. The molecule has 30 heavy (non-hydrogen) atoms. The Morgan fingerprint density at radius 3 is 2.17 bits per heavy atom. The molecule has 4 rings (SSSR count). The monoisotopic (exact) mass is 401 g/mol. The Kier molecular flexibility index (Phi) is 6.67. The summed E-state index contributed by atoms with van der Waals surface area (Å²) < 4.78 is 0. The van der Waals surface area contributed by atoms with Crippen LogP contribution in [0.1, 0.15) is 16.8 Å². The number of benzene rings is 2. The highest BCUT2D eigenvalue weighted by molar-refractivity contribution is 5.93. The van der Waals surface area contributed by atoms with Crippen LogP contribution in [-0.4, -0.2) is 60.0 Å². The first-order valence-corrected chi connectivity index (χ1v) is 10.5. The average molecular weight is 402 g/mol. The molecule has 0 radical (unpaired) electrons. The van der Waals surface area contributed by atoms with Gasteiger partial charge in [-0.25, -0.2) is 9.97 Å². The molecule has 0 atom stereocenters.